The lowest BCUT2D eigenvalue weighted by molar-refractivity contribution is -0.117. The Morgan fingerprint density at radius 3 is 2.43 bits per heavy atom. The van der Waals surface area contributed by atoms with Crippen LogP contribution in [0.25, 0.3) is 0 Å². The van der Waals surface area contributed by atoms with E-state index in [1.807, 2.05) is 36.4 Å². The fraction of sp³-hybridized carbons (Fsp3) is 0.188. The monoisotopic (exact) mass is 410 g/mol. The van der Waals surface area contributed by atoms with Crippen LogP contribution in [0.5, 0.6) is 0 Å². The summed E-state index contributed by atoms with van der Waals surface area (Å²) in [7, 11) is 0. The van der Waals surface area contributed by atoms with Gasteiger partial charge < -0.3 is 11.1 Å². The van der Waals surface area contributed by atoms with E-state index < -0.39 is 0 Å². The number of rotatable bonds is 5. The van der Waals surface area contributed by atoms with Crippen LogP contribution in [0.3, 0.4) is 0 Å². The van der Waals surface area contributed by atoms with Crippen LogP contribution in [-0.4, -0.2) is 5.91 Å². The third kappa shape index (κ3) is 4.58. The SMILES string of the molecule is CC(Nc1ccc(CC(N)=O)cc1)c1ccc(Br)cc1Br. The van der Waals surface area contributed by atoms with Crippen LogP contribution in [-0.2, 0) is 11.2 Å². The second kappa shape index (κ2) is 7.09. The summed E-state index contributed by atoms with van der Waals surface area (Å²) in [6.07, 6.45) is 0.272. The van der Waals surface area contributed by atoms with Crippen molar-refractivity contribution in [1.82, 2.24) is 0 Å². The highest BCUT2D eigenvalue weighted by atomic mass is 79.9. The van der Waals surface area contributed by atoms with Crippen molar-refractivity contribution in [3.05, 3.63) is 62.5 Å². The van der Waals surface area contributed by atoms with Gasteiger partial charge >= 0.3 is 0 Å². The van der Waals surface area contributed by atoms with Gasteiger partial charge in [-0.2, -0.15) is 0 Å². The van der Waals surface area contributed by atoms with E-state index in [2.05, 4.69) is 50.2 Å². The standard InChI is InChI=1S/C16H16Br2N2O/c1-10(14-7-4-12(17)9-15(14)18)20-13-5-2-11(3-6-13)8-16(19)21/h2-7,9-10,20H,8H2,1H3,(H2,19,21). The third-order valence-electron chi connectivity index (χ3n) is 3.14. The van der Waals surface area contributed by atoms with Crippen LogP contribution in [0.15, 0.2) is 51.4 Å². The molecule has 1 amide bonds. The predicted octanol–water partition coefficient (Wildman–Crippen LogP) is 4.41. The van der Waals surface area contributed by atoms with Crippen molar-refractivity contribution in [3.63, 3.8) is 0 Å². The molecule has 0 radical (unpaired) electrons. The molecule has 0 heterocycles. The molecule has 1 unspecified atom stereocenters. The van der Waals surface area contributed by atoms with E-state index in [1.54, 1.807) is 0 Å². The fourth-order valence-corrected chi connectivity index (χ4v) is 3.49. The van der Waals surface area contributed by atoms with Gasteiger partial charge in [0.25, 0.3) is 0 Å². The van der Waals surface area contributed by atoms with Gasteiger partial charge in [0, 0.05) is 20.7 Å². The third-order valence-corrected chi connectivity index (χ3v) is 4.32. The normalized spacial score (nSPS) is 12.0. The molecule has 0 aliphatic rings. The second-order valence-corrected chi connectivity index (χ2v) is 6.64. The zero-order chi connectivity index (χ0) is 15.4. The molecule has 0 spiro atoms. The quantitative estimate of drug-likeness (QED) is 0.765. The number of carbonyl (C=O) groups excluding carboxylic acids is 1. The number of hydrogen-bond donors (Lipinski definition) is 2. The molecule has 0 aliphatic carbocycles. The topological polar surface area (TPSA) is 55.1 Å². The van der Waals surface area contributed by atoms with Gasteiger partial charge in [0.1, 0.15) is 0 Å². The molecule has 0 aromatic heterocycles. The Bertz CT molecular complexity index is 641. The Kier molecular flexibility index (Phi) is 5.42. The summed E-state index contributed by atoms with van der Waals surface area (Å²) in [4.78, 5) is 10.9. The fourth-order valence-electron chi connectivity index (χ4n) is 2.10. The van der Waals surface area contributed by atoms with E-state index in [-0.39, 0.29) is 18.4 Å². The molecule has 0 bridgehead atoms. The minimum Gasteiger partial charge on any atom is -0.378 e. The Hall–Kier alpha value is -1.33. The molecule has 3 nitrogen and oxygen atoms in total. The first-order valence-corrected chi connectivity index (χ1v) is 8.13. The van der Waals surface area contributed by atoms with Crippen molar-refractivity contribution in [2.75, 3.05) is 5.32 Å². The molecule has 2 aromatic rings. The molecule has 0 saturated heterocycles. The number of nitrogens with two attached hydrogens (primary N) is 1. The van der Waals surface area contributed by atoms with Gasteiger partial charge in [-0.3, -0.25) is 4.79 Å². The minimum absolute atomic E-state index is 0.162. The van der Waals surface area contributed by atoms with Gasteiger partial charge in [-0.1, -0.05) is 50.1 Å². The molecule has 2 rings (SSSR count). The summed E-state index contributed by atoms with van der Waals surface area (Å²) < 4.78 is 2.10. The number of halogens is 2. The highest BCUT2D eigenvalue weighted by molar-refractivity contribution is 9.11. The summed E-state index contributed by atoms with van der Waals surface area (Å²) in [5.74, 6) is -0.317. The molecule has 110 valence electrons. The molecule has 2 aromatic carbocycles. The molecule has 0 fully saturated rings. The molecular formula is C16H16Br2N2O. The van der Waals surface area contributed by atoms with Gasteiger partial charge in [-0.05, 0) is 42.3 Å². The van der Waals surface area contributed by atoms with Gasteiger partial charge in [0.15, 0.2) is 0 Å². The zero-order valence-corrected chi connectivity index (χ0v) is 14.7. The van der Waals surface area contributed by atoms with E-state index in [1.165, 1.54) is 5.56 Å². The highest BCUT2D eigenvalue weighted by Crippen LogP contribution is 2.29. The van der Waals surface area contributed by atoms with Gasteiger partial charge in [0.05, 0.1) is 6.42 Å². The Morgan fingerprint density at radius 2 is 1.86 bits per heavy atom. The van der Waals surface area contributed by atoms with Crippen molar-refractivity contribution in [2.24, 2.45) is 5.73 Å². The van der Waals surface area contributed by atoms with Crippen LogP contribution >= 0.6 is 31.9 Å². The highest BCUT2D eigenvalue weighted by Gasteiger charge is 2.09. The lowest BCUT2D eigenvalue weighted by Crippen LogP contribution is -2.13. The summed E-state index contributed by atoms with van der Waals surface area (Å²) in [6, 6.07) is 14.0. The average Bonchev–Trinajstić information content (AvgIpc) is 2.40. The zero-order valence-electron chi connectivity index (χ0n) is 11.6. The molecular weight excluding hydrogens is 396 g/mol. The number of benzene rings is 2. The smallest absolute Gasteiger partial charge is 0.221 e. The predicted molar refractivity (Wildman–Crippen MR) is 93.2 cm³/mol. The van der Waals surface area contributed by atoms with E-state index in [9.17, 15) is 4.79 Å². The first kappa shape index (κ1) is 16.0. The van der Waals surface area contributed by atoms with Crippen LogP contribution in [0, 0.1) is 0 Å². The summed E-state index contributed by atoms with van der Waals surface area (Å²) in [6.45, 7) is 2.10. The first-order chi connectivity index (χ1) is 9.95. The molecule has 21 heavy (non-hydrogen) atoms. The van der Waals surface area contributed by atoms with E-state index in [0.29, 0.717) is 0 Å². The maximum absolute atomic E-state index is 10.9. The summed E-state index contributed by atoms with van der Waals surface area (Å²) in [5.41, 5.74) is 8.29. The second-order valence-electron chi connectivity index (χ2n) is 4.87. The van der Waals surface area contributed by atoms with Crippen LogP contribution in [0.4, 0.5) is 5.69 Å². The molecule has 3 N–H and O–H groups in total. The Balaban J connectivity index is 2.08. The lowest BCUT2D eigenvalue weighted by Gasteiger charge is -2.17. The molecule has 1 atom stereocenters. The number of amides is 1. The number of carbonyl (C=O) groups is 1. The van der Waals surface area contributed by atoms with E-state index >= 15 is 0 Å². The van der Waals surface area contributed by atoms with Crippen molar-refractivity contribution in [2.45, 2.75) is 19.4 Å². The van der Waals surface area contributed by atoms with E-state index in [0.717, 1.165) is 20.2 Å². The lowest BCUT2D eigenvalue weighted by atomic mass is 10.1. The first-order valence-electron chi connectivity index (χ1n) is 6.54. The Morgan fingerprint density at radius 1 is 1.19 bits per heavy atom. The minimum atomic E-state index is -0.317. The van der Waals surface area contributed by atoms with Crippen LogP contribution < -0.4 is 11.1 Å². The molecule has 5 heteroatoms. The number of hydrogen-bond acceptors (Lipinski definition) is 2. The number of nitrogens with one attached hydrogen (secondary N) is 1. The van der Waals surface area contributed by atoms with Crippen LogP contribution in [0.1, 0.15) is 24.1 Å². The maximum Gasteiger partial charge on any atom is 0.221 e. The van der Waals surface area contributed by atoms with Crippen molar-refractivity contribution in [3.8, 4) is 0 Å². The summed E-state index contributed by atoms with van der Waals surface area (Å²) in [5, 5.41) is 3.44. The average molecular weight is 412 g/mol. The van der Waals surface area contributed by atoms with E-state index in [4.69, 9.17) is 5.73 Å². The van der Waals surface area contributed by atoms with Crippen LogP contribution in [0.2, 0.25) is 0 Å². The van der Waals surface area contributed by atoms with Gasteiger partial charge in [-0.15, -0.1) is 0 Å². The van der Waals surface area contributed by atoms with Crippen molar-refractivity contribution in [1.29, 1.82) is 0 Å². The maximum atomic E-state index is 10.9. The molecule has 0 saturated carbocycles. The number of anilines is 1. The van der Waals surface area contributed by atoms with Gasteiger partial charge in [0.2, 0.25) is 5.91 Å². The van der Waals surface area contributed by atoms with Gasteiger partial charge in [-0.25, -0.2) is 0 Å². The largest absolute Gasteiger partial charge is 0.378 e. The van der Waals surface area contributed by atoms with Crippen molar-refractivity contribution >= 4 is 43.5 Å². The Labute approximate surface area is 141 Å². The number of primary amides is 1. The van der Waals surface area contributed by atoms with Crippen molar-refractivity contribution < 1.29 is 4.79 Å². The summed E-state index contributed by atoms with van der Waals surface area (Å²) >= 11 is 7.03. The molecule has 0 aliphatic heterocycles.